The summed E-state index contributed by atoms with van der Waals surface area (Å²) in [5.74, 6) is 0. The highest BCUT2D eigenvalue weighted by molar-refractivity contribution is 6.42. The van der Waals surface area contributed by atoms with Gasteiger partial charge in [0.25, 0.3) is 0 Å². The molecule has 0 atom stereocenters. The summed E-state index contributed by atoms with van der Waals surface area (Å²) in [6.45, 7) is 3.73. The Hall–Kier alpha value is -0.240. The first-order valence-electron chi connectivity index (χ1n) is 7.38. The predicted octanol–water partition coefficient (Wildman–Crippen LogP) is 4.90. The van der Waals surface area contributed by atoms with Crippen molar-refractivity contribution in [1.29, 1.82) is 0 Å². The van der Waals surface area contributed by atoms with Gasteiger partial charge in [-0.3, -0.25) is 0 Å². The molecule has 1 saturated heterocycles. The Balaban J connectivity index is 1.79. The fourth-order valence-corrected chi connectivity index (χ4v) is 3.81. The fourth-order valence-electron chi connectivity index (χ4n) is 3.51. The highest BCUT2D eigenvalue weighted by Crippen LogP contribution is 2.45. The van der Waals surface area contributed by atoms with Crippen molar-refractivity contribution in [3.05, 3.63) is 33.8 Å². The molecule has 0 bridgehead atoms. The van der Waals surface area contributed by atoms with Crippen LogP contribution >= 0.6 is 23.2 Å². The van der Waals surface area contributed by atoms with Crippen LogP contribution in [0.5, 0.6) is 0 Å². The van der Waals surface area contributed by atoms with Crippen LogP contribution in [0.2, 0.25) is 10.0 Å². The van der Waals surface area contributed by atoms with E-state index >= 15 is 0 Å². The smallest absolute Gasteiger partial charge is 0.0595 e. The van der Waals surface area contributed by atoms with E-state index in [0.717, 1.165) is 0 Å². The third-order valence-electron chi connectivity index (χ3n) is 4.82. The molecule has 0 spiro atoms. The number of halogens is 2. The van der Waals surface area contributed by atoms with Gasteiger partial charge in [0.1, 0.15) is 0 Å². The van der Waals surface area contributed by atoms with Gasteiger partial charge in [-0.05, 0) is 56.5 Å². The lowest BCUT2D eigenvalue weighted by molar-refractivity contribution is 0.123. The Morgan fingerprint density at radius 3 is 2.26 bits per heavy atom. The van der Waals surface area contributed by atoms with Gasteiger partial charge in [-0.1, -0.05) is 42.1 Å². The highest BCUT2D eigenvalue weighted by atomic mass is 35.5. The number of likely N-dealkylation sites (tertiary alicyclic amines) is 1. The average Bonchev–Trinajstić information content (AvgIpc) is 2.38. The molecule has 0 amide bonds. The summed E-state index contributed by atoms with van der Waals surface area (Å²) in [5.41, 5.74) is 1.73. The minimum Gasteiger partial charge on any atom is -0.302 e. The minimum atomic E-state index is 0.339. The Labute approximate surface area is 125 Å². The summed E-state index contributed by atoms with van der Waals surface area (Å²) in [6, 6.07) is 6.22. The molecule has 19 heavy (non-hydrogen) atoms. The maximum Gasteiger partial charge on any atom is 0.0595 e. The average molecular weight is 298 g/mol. The predicted molar refractivity (Wildman–Crippen MR) is 82.3 cm³/mol. The van der Waals surface area contributed by atoms with Crippen LogP contribution < -0.4 is 0 Å². The summed E-state index contributed by atoms with van der Waals surface area (Å²) in [5, 5.41) is 1.36. The standard InChI is InChI=1S/C16H21Cl2N/c17-14-6-5-13(11-15(14)18)16(7-4-8-16)12-19-9-2-1-3-10-19/h5-6,11H,1-4,7-10,12H2. The molecule has 104 valence electrons. The van der Waals surface area contributed by atoms with Gasteiger partial charge < -0.3 is 4.90 Å². The molecule has 3 heteroatoms. The molecule has 1 saturated carbocycles. The van der Waals surface area contributed by atoms with E-state index in [-0.39, 0.29) is 0 Å². The molecule has 1 heterocycles. The van der Waals surface area contributed by atoms with Crippen LogP contribution in [-0.2, 0) is 5.41 Å². The zero-order valence-electron chi connectivity index (χ0n) is 11.3. The summed E-state index contributed by atoms with van der Waals surface area (Å²) >= 11 is 12.2. The highest BCUT2D eigenvalue weighted by Gasteiger charge is 2.40. The molecule has 1 aliphatic carbocycles. The monoisotopic (exact) mass is 297 g/mol. The molecule has 3 rings (SSSR count). The second-order valence-corrected chi connectivity index (χ2v) is 6.91. The number of hydrogen-bond acceptors (Lipinski definition) is 1. The lowest BCUT2D eigenvalue weighted by Gasteiger charge is -2.46. The van der Waals surface area contributed by atoms with Crippen LogP contribution in [-0.4, -0.2) is 24.5 Å². The van der Waals surface area contributed by atoms with Gasteiger partial charge in [-0.15, -0.1) is 0 Å². The van der Waals surface area contributed by atoms with Gasteiger partial charge in [0.05, 0.1) is 10.0 Å². The molecule has 1 aliphatic heterocycles. The van der Waals surface area contributed by atoms with Crippen LogP contribution in [0.4, 0.5) is 0 Å². The summed E-state index contributed by atoms with van der Waals surface area (Å²) < 4.78 is 0. The number of piperidine rings is 1. The van der Waals surface area contributed by atoms with Crippen molar-refractivity contribution >= 4 is 23.2 Å². The lowest BCUT2D eigenvalue weighted by atomic mass is 9.64. The van der Waals surface area contributed by atoms with E-state index in [0.29, 0.717) is 15.5 Å². The Morgan fingerprint density at radius 2 is 1.68 bits per heavy atom. The molecule has 1 aromatic rings. The van der Waals surface area contributed by atoms with Crippen LogP contribution in [0, 0.1) is 0 Å². The second kappa shape index (κ2) is 5.63. The van der Waals surface area contributed by atoms with Gasteiger partial charge in [0.15, 0.2) is 0 Å². The van der Waals surface area contributed by atoms with Crippen molar-refractivity contribution in [2.75, 3.05) is 19.6 Å². The first-order chi connectivity index (χ1) is 9.20. The van der Waals surface area contributed by atoms with Crippen LogP contribution in [0.15, 0.2) is 18.2 Å². The molecule has 0 radical (unpaired) electrons. The maximum atomic E-state index is 6.20. The van der Waals surface area contributed by atoms with Gasteiger partial charge in [-0.2, -0.15) is 0 Å². The molecule has 0 aromatic heterocycles. The second-order valence-electron chi connectivity index (χ2n) is 6.10. The number of hydrogen-bond donors (Lipinski definition) is 0. The summed E-state index contributed by atoms with van der Waals surface area (Å²) in [6.07, 6.45) is 8.04. The van der Waals surface area contributed by atoms with Gasteiger partial charge in [0, 0.05) is 12.0 Å². The van der Waals surface area contributed by atoms with Crippen LogP contribution in [0.1, 0.15) is 44.1 Å². The lowest BCUT2D eigenvalue weighted by Crippen LogP contribution is -2.47. The van der Waals surface area contributed by atoms with E-state index in [1.165, 1.54) is 63.7 Å². The molecular formula is C16H21Cl2N. The molecule has 2 aliphatic rings. The molecular weight excluding hydrogens is 277 g/mol. The van der Waals surface area contributed by atoms with E-state index in [4.69, 9.17) is 23.2 Å². The van der Waals surface area contributed by atoms with E-state index in [9.17, 15) is 0 Å². The zero-order valence-corrected chi connectivity index (χ0v) is 12.8. The van der Waals surface area contributed by atoms with E-state index in [1.807, 2.05) is 6.07 Å². The van der Waals surface area contributed by atoms with Crippen molar-refractivity contribution < 1.29 is 0 Å². The topological polar surface area (TPSA) is 3.24 Å². The molecule has 0 unspecified atom stereocenters. The molecule has 0 N–H and O–H groups in total. The normalized spacial score (nSPS) is 23.1. The van der Waals surface area contributed by atoms with Crippen molar-refractivity contribution in [3.8, 4) is 0 Å². The van der Waals surface area contributed by atoms with E-state index < -0.39 is 0 Å². The quantitative estimate of drug-likeness (QED) is 0.767. The molecule has 1 aromatic carbocycles. The van der Waals surface area contributed by atoms with Crippen molar-refractivity contribution in [2.45, 2.75) is 43.9 Å². The Kier molecular flexibility index (Phi) is 4.07. The van der Waals surface area contributed by atoms with Gasteiger partial charge in [-0.25, -0.2) is 0 Å². The molecule has 1 nitrogen and oxygen atoms in total. The van der Waals surface area contributed by atoms with Gasteiger partial charge >= 0.3 is 0 Å². The first kappa shape index (κ1) is 13.7. The SMILES string of the molecule is Clc1ccc(C2(CN3CCCCC3)CCC2)cc1Cl. The van der Waals surface area contributed by atoms with E-state index in [1.54, 1.807) is 0 Å². The van der Waals surface area contributed by atoms with Crippen LogP contribution in [0.3, 0.4) is 0 Å². The zero-order chi connectivity index (χ0) is 13.3. The van der Waals surface area contributed by atoms with Crippen molar-refractivity contribution in [2.24, 2.45) is 0 Å². The Morgan fingerprint density at radius 1 is 0.947 bits per heavy atom. The summed E-state index contributed by atoms with van der Waals surface area (Å²) in [7, 11) is 0. The largest absolute Gasteiger partial charge is 0.302 e. The van der Waals surface area contributed by atoms with E-state index in [2.05, 4.69) is 17.0 Å². The van der Waals surface area contributed by atoms with Crippen LogP contribution in [0.25, 0.3) is 0 Å². The Bertz CT molecular complexity index is 448. The minimum absolute atomic E-state index is 0.339. The third kappa shape index (κ3) is 2.79. The first-order valence-corrected chi connectivity index (χ1v) is 8.13. The third-order valence-corrected chi connectivity index (χ3v) is 5.56. The summed E-state index contributed by atoms with van der Waals surface area (Å²) in [4.78, 5) is 2.64. The number of nitrogens with zero attached hydrogens (tertiary/aromatic N) is 1. The van der Waals surface area contributed by atoms with Crippen molar-refractivity contribution in [3.63, 3.8) is 0 Å². The van der Waals surface area contributed by atoms with Crippen molar-refractivity contribution in [1.82, 2.24) is 4.90 Å². The number of benzene rings is 1. The van der Waals surface area contributed by atoms with Gasteiger partial charge in [0.2, 0.25) is 0 Å². The fraction of sp³-hybridized carbons (Fsp3) is 0.625. The number of rotatable bonds is 3. The molecule has 2 fully saturated rings. The maximum absolute atomic E-state index is 6.20.